The minimum Gasteiger partial charge on any atom is -0.379 e. The zero-order valence-corrected chi connectivity index (χ0v) is 9.83. The second-order valence-corrected chi connectivity index (χ2v) is 4.08. The molecule has 0 atom stereocenters. The van der Waals surface area contributed by atoms with Crippen molar-refractivity contribution in [3.63, 3.8) is 0 Å². The standard InChI is InChI=1S/C11H9Cl2N3/c12-8-3-9(13)5-10(4-8)16-7-11-6-14-1-2-15-11/h1-6,16H,7H2. The summed E-state index contributed by atoms with van der Waals surface area (Å²) in [5.74, 6) is 0. The summed E-state index contributed by atoms with van der Waals surface area (Å²) < 4.78 is 0. The van der Waals surface area contributed by atoms with E-state index in [1.807, 2.05) is 12.1 Å². The van der Waals surface area contributed by atoms with Crippen molar-refractivity contribution in [3.05, 3.63) is 52.5 Å². The average molecular weight is 254 g/mol. The SMILES string of the molecule is Clc1cc(Cl)cc(NCc2cnccn2)c1. The van der Waals surface area contributed by atoms with E-state index in [-0.39, 0.29) is 0 Å². The average Bonchev–Trinajstić information content (AvgIpc) is 2.27. The molecule has 3 nitrogen and oxygen atoms in total. The van der Waals surface area contributed by atoms with Gasteiger partial charge in [0.1, 0.15) is 0 Å². The lowest BCUT2D eigenvalue weighted by atomic mass is 10.3. The van der Waals surface area contributed by atoms with E-state index in [4.69, 9.17) is 23.2 Å². The largest absolute Gasteiger partial charge is 0.379 e. The third kappa shape index (κ3) is 3.08. The fraction of sp³-hybridized carbons (Fsp3) is 0.0909. The Bertz CT molecular complexity index is 454. The molecule has 1 N–H and O–H groups in total. The molecule has 0 saturated heterocycles. The number of hydrogen-bond acceptors (Lipinski definition) is 3. The number of nitrogens with one attached hydrogen (secondary N) is 1. The number of hydrogen-bond donors (Lipinski definition) is 1. The van der Waals surface area contributed by atoms with E-state index in [2.05, 4.69) is 15.3 Å². The Morgan fingerprint density at radius 2 is 1.81 bits per heavy atom. The Labute approximate surface area is 103 Å². The first-order chi connectivity index (χ1) is 7.74. The molecule has 1 aromatic heterocycles. The first kappa shape index (κ1) is 11.2. The fourth-order valence-corrected chi connectivity index (χ4v) is 1.80. The van der Waals surface area contributed by atoms with Gasteiger partial charge in [-0.1, -0.05) is 23.2 Å². The maximum Gasteiger partial charge on any atom is 0.0777 e. The lowest BCUT2D eigenvalue weighted by Gasteiger charge is -2.06. The van der Waals surface area contributed by atoms with Crippen molar-refractivity contribution < 1.29 is 0 Å². The number of halogens is 2. The minimum atomic E-state index is 0.588. The molecule has 1 aromatic carbocycles. The zero-order chi connectivity index (χ0) is 11.4. The first-order valence-electron chi connectivity index (χ1n) is 4.69. The summed E-state index contributed by atoms with van der Waals surface area (Å²) in [6.07, 6.45) is 5.00. The van der Waals surface area contributed by atoms with Gasteiger partial charge in [-0.3, -0.25) is 9.97 Å². The second-order valence-electron chi connectivity index (χ2n) is 3.21. The molecule has 5 heteroatoms. The summed E-state index contributed by atoms with van der Waals surface area (Å²) in [7, 11) is 0. The predicted molar refractivity (Wildman–Crippen MR) is 65.8 cm³/mol. The van der Waals surface area contributed by atoms with Gasteiger partial charge in [0.15, 0.2) is 0 Å². The topological polar surface area (TPSA) is 37.8 Å². The van der Waals surface area contributed by atoms with Crippen LogP contribution in [0.4, 0.5) is 5.69 Å². The maximum atomic E-state index is 5.88. The van der Waals surface area contributed by atoms with Crippen molar-refractivity contribution in [2.24, 2.45) is 0 Å². The Kier molecular flexibility index (Phi) is 3.59. The third-order valence-corrected chi connectivity index (χ3v) is 2.39. The van der Waals surface area contributed by atoms with Crippen molar-refractivity contribution in [3.8, 4) is 0 Å². The van der Waals surface area contributed by atoms with Gasteiger partial charge >= 0.3 is 0 Å². The molecule has 0 bridgehead atoms. The van der Waals surface area contributed by atoms with Gasteiger partial charge in [-0.2, -0.15) is 0 Å². The summed E-state index contributed by atoms with van der Waals surface area (Å²) in [4.78, 5) is 8.13. The highest BCUT2D eigenvalue weighted by atomic mass is 35.5. The van der Waals surface area contributed by atoms with E-state index in [1.165, 1.54) is 0 Å². The molecule has 0 aliphatic heterocycles. The highest BCUT2D eigenvalue weighted by Gasteiger charge is 1.98. The molecule has 0 radical (unpaired) electrons. The molecule has 0 unspecified atom stereocenters. The van der Waals surface area contributed by atoms with Gasteiger partial charge < -0.3 is 5.32 Å². The van der Waals surface area contributed by atoms with Crippen molar-refractivity contribution >= 4 is 28.9 Å². The molecule has 0 aliphatic carbocycles. The lowest BCUT2D eigenvalue weighted by molar-refractivity contribution is 1.01. The van der Waals surface area contributed by atoms with Crippen LogP contribution in [0.1, 0.15) is 5.69 Å². The molecule has 16 heavy (non-hydrogen) atoms. The number of nitrogens with zero attached hydrogens (tertiary/aromatic N) is 2. The van der Waals surface area contributed by atoms with E-state index < -0.39 is 0 Å². The van der Waals surface area contributed by atoms with Crippen LogP contribution in [0, 0.1) is 0 Å². The van der Waals surface area contributed by atoms with Gasteiger partial charge in [-0.15, -0.1) is 0 Å². The van der Waals surface area contributed by atoms with Gasteiger partial charge in [0.25, 0.3) is 0 Å². The zero-order valence-electron chi connectivity index (χ0n) is 8.32. The van der Waals surface area contributed by atoms with Crippen molar-refractivity contribution in [2.75, 3.05) is 5.32 Å². The molecule has 0 aliphatic rings. The van der Waals surface area contributed by atoms with Crippen LogP contribution in [-0.2, 0) is 6.54 Å². The Morgan fingerprint density at radius 1 is 1.06 bits per heavy atom. The normalized spacial score (nSPS) is 10.1. The Balaban J connectivity index is 2.05. The summed E-state index contributed by atoms with van der Waals surface area (Å²) >= 11 is 11.8. The van der Waals surface area contributed by atoms with Gasteiger partial charge in [0.2, 0.25) is 0 Å². The van der Waals surface area contributed by atoms with Crippen LogP contribution in [0.2, 0.25) is 10.0 Å². The highest BCUT2D eigenvalue weighted by molar-refractivity contribution is 6.35. The molecule has 0 fully saturated rings. The van der Waals surface area contributed by atoms with Crippen LogP contribution in [0.25, 0.3) is 0 Å². The fourth-order valence-electron chi connectivity index (χ4n) is 1.27. The molecule has 2 rings (SSSR count). The van der Waals surface area contributed by atoms with E-state index in [1.54, 1.807) is 24.7 Å². The van der Waals surface area contributed by atoms with E-state index in [9.17, 15) is 0 Å². The van der Waals surface area contributed by atoms with Crippen molar-refractivity contribution in [1.29, 1.82) is 0 Å². The molecule has 1 heterocycles. The second kappa shape index (κ2) is 5.14. The molecule has 0 amide bonds. The van der Waals surface area contributed by atoms with Crippen LogP contribution in [0.15, 0.2) is 36.8 Å². The summed E-state index contributed by atoms with van der Waals surface area (Å²) in [5, 5.41) is 4.38. The number of rotatable bonds is 3. The maximum absolute atomic E-state index is 5.88. The quantitative estimate of drug-likeness (QED) is 0.912. The third-order valence-electron chi connectivity index (χ3n) is 1.95. The van der Waals surface area contributed by atoms with Crippen LogP contribution >= 0.6 is 23.2 Å². The van der Waals surface area contributed by atoms with Gasteiger partial charge in [0, 0.05) is 28.1 Å². The smallest absolute Gasteiger partial charge is 0.0777 e. The first-order valence-corrected chi connectivity index (χ1v) is 5.44. The summed E-state index contributed by atoms with van der Waals surface area (Å²) in [6.45, 7) is 0.588. The Hall–Kier alpha value is -1.32. The van der Waals surface area contributed by atoms with Crippen LogP contribution < -0.4 is 5.32 Å². The number of anilines is 1. The van der Waals surface area contributed by atoms with E-state index in [0.717, 1.165) is 11.4 Å². The van der Waals surface area contributed by atoms with Gasteiger partial charge in [-0.05, 0) is 18.2 Å². The monoisotopic (exact) mass is 253 g/mol. The molecule has 2 aromatic rings. The predicted octanol–water partition coefficient (Wildman–Crippen LogP) is 3.40. The van der Waals surface area contributed by atoms with Crippen LogP contribution in [-0.4, -0.2) is 9.97 Å². The number of aromatic nitrogens is 2. The molecule has 82 valence electrons. The minimum absolute atomic E-state index is 0.588. The Morgan fingerprint density at radius 3 is 2.44 bits per heavy atom. The molecule has 0 spiro atoms. The van der Waals surface area contributed by atoms with E-state index >= 15 is 0 Å². The number of benzene rings is 1. The molecular formula is C11H9Cl2N3. The summed E-state index contributed by atoms with van der Waals surface area (Å²) in [5.41, 5.74) is 1.72. The van der Waals surface area contributed by atoms with Gasteiger partial charge in [0.05, 0.1) is 18.4 Å². The van der Waals surface area contributed by atoms with Crippen molar-refractivity contribution in [2.45, 2.75) is 6.54 Å². The summed E-state index contributed by atoms with van der Waals surface area (Å²) in [6, 6.07) is 5.31. The van der Waals surface area contributed by atoms with Crippen LogP contribution in [0.5, 0.6) is 0 Å². The van der Waals surface area contributed by atoms with Crippen LogP contribution in [0.3, 0.4) is 0 Å². The highest BCUT2D eigenvalue weighted by Crippen LogP contribution is 2.22. The van der Waals surface area contributed by atoms with Gasteiger partial charge in [-0.25, -0.2) is 0 Å². The lowest BCUT2D eigenvalue weighted by Crippen LogP contribution is -2.01. The molecular weight excluding hydrogens is 245 g/mol. The van der Waals surface area contributed by atoms with E-state index in [0.29, 0.717) is 16.6 Å². The van der Waals surface area contributed by atoms with Crippen molar-refractivity contribution in [1.82, 2.24) is 9.97 Å². The molecule has 0 saturated carbocycles.